The first-order chi connectivity index (χ1) is 9.76. The van der Waals surface area contributed by atoms with Crippen LogP contribution in [0.4, 0.5) is 5.69 Å². The molecule has 5 heteroatoms. The number of carbonyl (C=O) groups is 2. The molecule has 0 fully saturated rings. The molecule has 1 aromatic rings. The van der Waals surface area contributed by atoms with Crippen LogP contribution in [0.15, 0.2) is 12.1 Å². The molecule has 0 aromatic heterocycles. The van der Waals surface area contributed by atoms with Crippen molar-refractivity contribution in [3.63, 3.8) is 0 Å². The number of rotatable bonds is 5. The highest BCUT2D eigenvalue weighted by atomic mass is 16.2. The maximum atomic E-state index is 12.2. The second-order valence-corrected chi connectivity index (χ2v) is 5.68. The summed E-state index contributed by atoms with van der Waals surface area (Å²) in [6.45, 7) is 8.07. The van der Waals surface area contributed by atoms with Crippen LogP contribution in [0.5, 0.6) is 0 Å². The first-order valence-electron chi connectivity index (χ1n) is 7.17. The summed E-state index contributed by atoms with van der Waals surface area (Å²) in [7, 11) is 3.44. The first-order valence-corrected chi connectivity index (χ1v) is 7.17. The summed E-state index contributed by atoms with van der Waals surface area (Å²) in [4.78, 5) is 24.6. The van der Waals surface area contributed by atoms with E-state index in [4.69, 9.17) is 0 Å². The van der Waals surface area contributed by atoms with Gasteiger partial charge in [-0.25, -0.2) is 0 Å². The van der Waals surface area contributed by atoms with Gasteiger partial charge in [0.15, 0.2) is 12.6 Å². The van der Waals surface area contributed by atoms with E-state index in [1.54, 1.807) is 7.05 Å². The summed E-state index contributed by atoms with van der Waals surface area (Å²) in [5, 5.41) is 5.56. The van der Waals surface area contributed by atoms with Crippen LogP contribution < -0.4 is 15.5 Å². The molecule has 5 nitrogen and oxygen atoms in total. The Balaban J connectivity index is 2.73. The molecule has 0 heterocycles. The molecular formula is C16H26N3O2+. The fraction of sp³-hybridized carbons (Fsp3) is 0.500. The molecule has 0 saturated carbocycles. The molecule has 0 aliphatic carbocycles. The molecule has 0 aliphatic heterocycles. The van der Waals surface area contributed by atoms with Gasteiger partial charge in [0.2, 0.25) is 0 Å². The molecule has 116 valence electrons. The van der Waals surface area contributed by atoms with Crippen LogP contribution in [0.2, 0.25) is 0 Å². The number of anilines is 1. The van der Waals surface area contributed by atoms with E-state index in [1.807, 2.05) is 46.9 Å². The number of nitrogens with one attached hydrogen (secondary N) is 3. The summed E-state index contributed by atoms with van der Waals surface area (Å²) in [5.74, 6) is -0.152. The number of aryl methyl sites for hydroxylation is 3. The van der Waals surface area contributed by atoms with Crippen molar-refractivity contribution in [3.8, 4) is 0 Å². The molecule has 1 rings (SSSR count). The average molecular weight is 292 g/mol. The highest BCUT2D eigenvalue weighted by Crippen LogP contribution is 2.21. The maximum Gasteiger partial charge on any atom is 0.279 e. The SMILES string of the molecule is CNC(=O)[C@@H](C)[NH+](C)CC(=O)Nc1c(C)cc(C)cc1C. The van der Waals surface area contributed by atoms with Crippen LogP contribution in [-0.2, 0) is 9.59 Å². The number of hydrogen-bond acceptors (Lipinski definition) is 2. The summed E-state index contributed by atoms with van der Waals surface area (Å²) < 4.78 is 0. The van der Waals surface area contributed by atoms with Crippen molar-refractivity contribution in [2.24, 2.45) is 0 Å². The van der Waals surface area contributed by atoms with E-state index >= 15 is 0 Å². The summed E-state index contributed by atoms with van der Waals surface area (Å²) >= 11 is 0. The van der Waals surface area contributed by atoms with Gasteiger partial charge in [0.05, 0.1) is 7.05 Å². The van der Waals surface area contributed by atoms with Crippen molar-refractivity contribution in [2.75, 3.05) is 26.0 Å². The van der Waals surface area contributed by atoms with E-state index in [2.05, 4.69) is 10.6 Å². The van der Waals surface area contributed by atoms with Crippen molar-refractivity contribution in [2.45, 2.75) is 33.7 Å². The monoisotopic (exact) mass is 292 g/mol. The van der Waals surface area contributed by atoms with Crippen LogP contribution >= 0.6 is 0 Å². The van der Waals surface area contributed by atoms with Gasteiger partial charge in [-0.05, 0) is 38.8 Å². The number of likely N-dealkylation sites (N-methyl/N-ethyl adjacent to an activating group) is 2. The van der Waals surface area contributed by atoms with Crippen molar-refractivity contribution in [1.29, 1.82) is 0 Å². The second kappa shape index (κ2) is 7.22. The molecule has 0 aliphatic rings. The van der Waals surface area contributed by atoms with E-state index in [0.29, 0.717) is 0 Å². The molecule has 0 saturated heterocycles. The summed E-state index contributed by atoms with van der Waals surface area (Å²) in [6, 6.07) is 3.83. The number of benzene rings is 1. The molecule has 2 amide bonds. The standard InChI is InChI=1S/C16H25N3O2/c1-10-7-11(2)15(12(3)8-10)18-14(20)9-19(6)13(4)16(21)17-5/h7-8,13H,9H2,1-6H3,(H,17,21)(H,18,20)/p+1/t13-/m1/s1. The fourth-order valence-corrected chi connectivity index (χ4v) is 2.41. The minimum Gasteiger partial charge on any atom is -0.354 e. The lowest BCUT2D eigenvalue weighted by atomic mass is 10.1. The average Bonchev–Trinajstić information content (AvgIpc) is 2.40. The number of quaternary nitrogens is 1. The highest BCUT2D eigenvalue weighted by molar-refractivity contribution is 5.93. The Bertz CT molecular complexity index is 517. The predicted molar refractivity (Wildman–Crippen MR) is 84.6 cm³/mol. The van der Waals surface area contributed by atoms with Crippen molar-refractivity contribution < 1.29 is 14.5 Å². The van der Waals surface area contributed by atoms with Gasteiger partial charge >= 0.3 is 0 Å². The zero-order valence-electron chi connectivity index (χ0n) is 13.8. The Morgan fingerprint density at radius 1 is 1.19 bits per heavy atom. The number of carbonyl (C=O) groups excluding carboxylic acids is 2. The predicted octanol–water partition coefficient (Wildman–Crippen LogP) is 0.200. The normalized spacial score (nSPS) is 13.4. The van der Waals surface area contributed by atoms with Gasteiger partial charge in [-0.1, -0.05) is 17.7 Å². The minimum absolute atomic E-state index is 0.0667. The van der Waals surface area contributed by atoms with Crippen molar-refractivity contribution in [3.05, 3.63) is 28.8 Å². The quantitative estimate of drug-likeness (QED) is 0.726. The molecule has 0 radical (unpaired) electrons. The Morgan fingerprint density at radius 2 is 1.71 bits per heavy atom. The van der Waals surface area contributed by atoms with E-state index in [0.717, 1.165) is 21.7 Å². The summed E-state index contributed by atoms with van der Waals surface area (Å²) in [5.41, 5.74) is 4.15. The van der Waals surface area contributed by atoms with Crippen LogP contribution in [0.25, 0.3) is 0 Å². The molecule has 1 unspecified atom stereocenters. The number of hydrogen-bond donors (Lipinski definition) is 3. The third kappa shape index (κ3) is 4.56. The zero-order valence-corrected chi connectivity index (χ0v) is 13.8. The maximum absolute atomic E-state index is 12.2. The van der Waals surface area contributed by atoms with E-state index < -0.39 is 0 Å². The minimum atomic E-state index is -0.263. The van der Waals surface area contributed by atoms with Crippen LogP contribution in [-0.4, -0.2) is 38.5 Å². The van der Waals surface area contributed by atoms with Crippen molar-refractivity contribution in [1.82, 2.24) is 5.32 Å². The van der Waals surface area contributed by atoms with Gasteiger partial charge in [-0.2, -0.15) is 0 Å². The van der Waals surface area contributed by atoms with E-state index in [1.165, 1.54) is 5.56 Å². The molecule has 1 aromatic carbocycles. The molecule has 21 heavy (non-hydrogen) atoms. The topological polar surface area (TPSA) is 62.6 Å². The lowest BCUT2D eigenvalue weighted by molar-refractivity contribution is -0.885. The van der Waals surface area contributed by atoms with E-state index in [9.17, 15) is 9.59 Å². The van der Waals surface area contributed by atoms with Crippen LogP contribution in [0, 0.1) is 20.8 Å². The lowest BCUT2D eigenvalue weighted by Crippen LogP contribution is -3.15. The third-order valence-electron chi connectivity index (χ3n) is 3.76. The van der Waals surface area contributed by atoms with Gasteiger partial charge < -0.3 is 15.5 Å². The van der Waals surface area contributed by atoms with Gasteiger partial charge in [0.25, 0.3) is 11.8 Å². The Morgan fingerprint density at radius 3 is 2.19 bits per heavy atom. The molecular weight excluding hydrogens is 266 g/mol. The molecule has 0 bridgehead atoms. The Kier molecular flexibility index (Phi) is 5.90. The Labute approximate surface area is 126 Å². The fourth-order valence-electron chi connectivity index (χ4n) is 2.41. The van der Waals surface area contributed by atoms with Gasteiger partial charge in [-0.3, -0.25) is 9.59 Å². The first kappa shape index (κ1) is 17.2. The number of amides is 2. The smallest absolute Gasteiger partial charge is 0.279 e. The van der Waals surface area contributed by atoms with E-state index in [-0.39, 0.29) is 24.4 Å². The molecule has 2 atom stereocenters. The second-order valence-electron chi connectivity index (χ2n) is 5.68. The largest absolute Gasteiger partial charge is 0.354 e. The summed E-state index contributed by atoms with van der Waals surface area (Å²) in [6.07, 6.45) is 0. The third-order valence-corrected chi connectivity index (χ3v) is 3.76. The Hall–Kier alpha value is -1.88. The van der Waals surface area contributed by atoms with Crippen molar-refractivity contribution >= 4 is 17.5 Å². The lowest BCUT2D eigenvalue weighted by Gasteiger charge is -2.20. The molecule has 0 spiro atoms. The van der Waals surface area contributed by atoms with Gasteiger partial charge in [0.1, 0.15) is 0 Å². The van der Waals surface area contributed by atoms with Crippen LogP contribution in [0.1, 0.15) is 23.6 Å². The van der Waals surface area contributed by atoms with Gasteiger partial charge in [-0.15, -0.1) is 0 Å². The highest BCUT2D eigenvalue weighted by Gasteiger charge is 2.23. The zero-order chi connectivity index (χ0) is 16.2. The van der Waals surface area contributed by atoms with Crippen LogP contribution in [0.3, 0.4) is 0 Å². The molecule has 3 N–H and O–H groups in total. The van der Waals surface area contributed by atoms with Gasteiger partial charge in [0, 0.05) is 12.7 Å².